The number of hydrogen-bond donors (Lipinski definition) is 0. The summed E-state index contributed by atoms with van der Waals surface area (Å²) in [7, 11) is 0. The monoisotopic (exact) mass is 225 g/mol. The first-order valence-electron chi connectivity index (χ1n) is 0.316. The Bertz CT molecular complexity index is 3.25. The first-order valence-corrected chi connectivity index (χ1v) is 2.59. The Morgan fingerprint density at radius 1 is 1.00 bits per heavy atom. The zero-order valence-corrected chi connectivity index (χ0v) is 6.37. The molecule has 0 unspecified atom stereocenters. The molecule has 0 rings (SSSR count). The molecule has 0 radical (unpaired) electrons. The van der Waals surface area contributed by atoms with Crippen molar-refractivity contribution in [2.45, 2.75) is 0 Å². The zero-order chi connectivity index (χ0) is 2.00. The maximum atomic E-state index is 3.36. The maximum absolute atomic E-state index is 3.36. The summed E-state index contributed by atoms with van der Waals surface area (Å²) in [6, 6.07) is 0. The molecule has 0 aromatic carbocycles. The van der Waals surface area contributed by atoms with Crippen LogP contribution in [0.25, 0.3) is 0 Å². The van der Waals surface area contributed by atoms with Crippen molar-refractivity contribution in [3.05, 3.63) is 14.9 Å². The van der Waals surface area contributed by atoms with E-state index >= 15 is 0 Å². The summed E-state index contributed by atoms with van der Waals surface area (Å²) in [5.74, 6) is 0. The zero-order valence-electron chi connectivity index (χ0n) is 3.15. The molecule has 0 saturated heterocycles. The van der Waals surface area contributed by atoms with E-state index in [0.29, 0.717) is 0 Å². The van der Waals surface area contributed by atoms with Gasteiger partial charge < -0.3 is 14.9 Å². The van der Waals surface area contributed by atoms with Crippen molar-refractivity contribution in [1.29, 1.82) is 0 Å². The molecule has 0 spiro atoms. The van der Waals surface area contributed by atoms with Crippen LogP contribution in [0.2, 0.25) is 0 Å². The minimum atomic E-state index is 0. The van der Waals surface area contributed by atoms with E-state index < -0.39 is 0 Å². The van der Waals surface area contributed by atoms with Gasteiger partial charge >= 0.3 is 25.3 Å². The van der Waals surface area contributed by atoms with Crippen molar-refractivity contribution in [3.8, 4) is 0 Å². The molecule has 0 aromatic heterocycles. The van der Waals surface area contributed by atoms with Crippen LogP contribution in [0.15, 0.2) is 0 Å². The van der Waals surface area contributed by atoms with Gasteiger partial charge in [-0.3, -0.25) is 0 Å². The minimum absolute atomic E-state index is 0. The normalized spacial score (nSPS) is 0.750. The predicted octanol–water partition coefficient (Wildman–Crippen LogP) is 0.866. The fourth-order valence-corrected chi connectivity index (χ4v) is 0. The maximum Gasteiger partial charge on any atom is -0.358 e. The molecular weight excluding hydrogens is 217 g/mol. The average molecular weight is 225 g/mol. The molecule has 0 amide bonds. The second kappa shape index (κ2) is 66.1. The van der Waals surface area contributed by atoms with Crippen molar-refractivity contribution in [1.82, 2.24) is 0 Å². The van der Waals surface area contributed by atoms with Crippen molar-refractivity contribution in [3.63, 3.8) is 0 Å². The van der Waals surface area contributed by atoms with Gasteiger partial charge in [0.25, 0.3) is 0 Å². The molecule has 0 N–H and O–H groups in total. The Morgan fingerprint density at radius 3 is 1.00 bits per heavy atom. The molecule has 0 aliphatic heterocycles. The summed E-state index contributed by atoms with van der Waals surface area (Å²) >= 11 is 1.19. The first kappa shape index (κ1) is 23.2. The van der Waals surface area contributed by atoms with Crippen molar-refractivity contribution in [2.24, 2.45) is 0 Å². The molecule has 0 saturated carbocycles. The van der Waals surface area contributed by atoms with Crippen LogP contribution in [0, 0.1) is 14.9 Å². The number of hydrogen-bond acceptors (Lipinski definition) is 0. The smallest absolute Gasteiger partial charge is 0.358 e. The van der Waals surface area contributed by atoms with Crippen LogP contribution >= 0.6 is 0 Å². The van der Waals surface area contributed by atoms with Gasteiger partial charge in [0, 0.05) is 0 Å². The van der Waals surface area contributed by atoms with Gasteiger partial charge in [0.2, 0.25) is 0 Å². The van der Waals surface area contributed by atoms with Crippen molar-refractivity contribution >= 4 is 4.73 Å². The van der Waals surface area contributed by atoms with E-state index in [1.165, 1.54) is 20.6 Å². The van der Waals surface area contributed by atoms with Crippen molar-refractivity contribution in [2.75, 3.05) is 0 Å². The summed E-state index contributed by atoms with van der Waals surface area (Å²) in [5, 5.41) is 0. The third-order valence-corrected chi connectivity index (χ3v) is 0. The van der Waals surface area contributed by atoms with Gasteiger partial charge in [-0.1, -0.05) is 0 Å². The molecule has 0 aliphatic rings. The molecule has 4 heavy (non-hydrogen) atoms. The van der Waals surface area contributed by atoms with E-state index in [-0.39, 0.29) is 14.9 Å². The fourth-order valence-electron chi connectivity index (χ4n) is 0. The Kier molecular flexibility index (Phi) is 383. The van der Waals surface area contributed by atoms with Crippen LogP contribution in [0.1, 0.15) is 0 Å². The van der Waals surface area contributed by atoms with E-state index in [1.807, 2.05) is 0 Å². The Hall–Kier alpha value is 0.610. The van der Waals surface area contributed by atoms with Gasteiger partial charge in [0.05, 0.1) is 0 Å². The molecule has 0 bridgehead atoms. The molecule has 0 aliphatic carbocycles. The van der Waals surface area contributed by atoms with Gasteiger partial charge in [-0.05, 0) is 0 Å². The second-order valence-electron chi connectivity index (χ2n) is 0. The molecule has 0 atom stereocenters. The van der Waals surface area contributed by atoms with Crippen LogP contribution in [0.4, 0.5) is 0 Å². The topological polar surface area (TPSA) is 0 Å². The van der Waals surface area contributed by atoms with Crippen LogP contribution in [-0.4, -0.2) is 4.73 Å². The molecular formula is C3H8Ta-2. The second-order valence-corrected chi connectivity index (χ2v) is 0. The minimum Gasteiger partial charge on any atom is -0.358 e. The van der Waals surface area contributed by atoms with Gasteiger partial charge in [-0.15, -0.1) is 0 Å². The predicted molar refractivity (Wildman–Crippen MR) is 19.9 cm³/mol. The summed E-state index contributed by atoms with van der Waals surface area (Å²) < 4.78 is 3.36. The van der Waals surface area contributed by atoms with Gasteiger partial charge in [0.1, 0.15) is 0 Å². The summed E-state index contributed by atoms with van der Waals surface area (Å²) in [6.45, 7) is 0. The third-order valence-electron chi connectivity index (χ3n) is 0. The van der Waals surface area contributed by atoms with Crippen LogP contribution < -0.4 is 0 Å². The molecule has 1 heteroatoms. The Balaban J connectivity index is -0.00000000500. The SMILES string of the molecule is [CH2]=[Ta].[CH3-].[CH3-]. The number of rotatable bonds is 0. The van der Waals surface area contributed by atoms with Crippen LogP contribution in [-0.2, 0) is 20.6 Å². The van der Waals surface area contributed by atoms with E-state index in [1.54, 1.807) is 0 Å². The largest absolute Gasteiger partial charge is 0.358 e. The third kappa shape index (κ3) is 18.2. The molecule has 0 nitrogen and oxygen atoms in total. The standard InChI is InChI=1S/2CH3.CH2.Ta/h2*1H3;1H2;/q2*-1;;. The molecule has 27 valence electrons. The van der Waals surface area contributed by atoms with Crippen LogP contribution in [0.5, 0.6) is 0 Å². The van der Waals surface area contributed by atoms with Crippen molar-refractivity contribution < 1.29 is 20.6 Å². The summed E-state index contributed by atoms with van der Waals surface area (Å²) in [6.07, 6.45) is 0. The Morgan fingerprint density at radius 2 is 1.00 bits per heavy atom. The first-order chi connectivity index (χ1) is 1.00. The summed E-state index contributed by atoms with van der Waals surface area (Å²) in [5.41, 5.74) is 0. The molecule has 0 aromatic rings. The van der Waals surface area contributed by atoms with Gasteiger partial charge in [-0.2, -0.15) is 0 Å². The van der Waals surface area contributed by atoms with E-state index in [4.69, 9.17) is 0 Å². The molecule has 0 fully saturated rings. The van der Waals surface area contributed by atoms with Gasteiger partial charge in [-0.25, -0.2) is 0 Å². The molecule has 0 heterocycles. The average Bonchev–Trinajstić information content (AvgIpc) is 1.00. The summed E-state index contributed by atoms with van der Waals surface area (Å²) in [4.78, 5) is 0. The van der Waals surface area contributed by atoms with E-state index in [0.717, 1.165) is 0 Å². The quantitative estimate of drug-likeness (QED) is 0.536. The van der Waals surface area contributed by atoms with E-state index in [9.17, 15) is 0 Å². The fraction of sp³-hybridized carbons (Fsp3) is 0. The Labute approximate surface area is 40.6 Å². The van der Waals surface area contributed by atoms with Gasteiger partial charge in [0.15, 0.2) is 0 Å². The van der Waals surface area contributed by atoms with Crippen LogP contribution in [0.3, 0.4) is 0 Å². The van der Waals surface area contributed by atoms with E-state index in [2.05, 4.69) is 4.73 Å².